The number of halogens is 1. The lowest BCUT2D eigenvalue weighted by molar-refractivity contribution is 0.236. The number of nitriles is 1. The number of ether oxygens (including phenoxy) is 1. The van der Waals surface area contributed by atoms with Gasteiger partial charge in [0.2, 0.25) is 0 Å². The number of nitrogens with zero attached hydrogens (tertiary/aromatic N) is 3. The number of benzene rings is 1. The Morgan fingerprint density at radius 1 is 1.53 bits per heavy atom. The van der Waals surface area contributed by atoms with Crippen molar-refractivity contribution in [2.45, 2.75) is 6.10 Å². The van der Waals surface area contributed by atoms with Crippen LogP contribution in [0.5, 0.6) is 0 Å². The number of aromatic nitrogens is 2. The molecule has 1 atom stereocenters. The van der Waals surface area contributed by atoms with Gasteiger partial charge in [0.05, 0.1) is 28.3 Å². The molecular formula is C11H7ClN4O. The van der Waals surface area contributed by atoms with E-state index in [1.165, 1.54) is 6.40 Å². The second kappa shape index (κ2) is 3.75. The summed E-state index contributed by atoms with van der Waals surface area (Å²) in [4.78, 5) is 4.00. The molecule has 2 heterocycles. The van der Waals surface area contributed by atoms with Crippen LogP contribution in [-0.2, 0) is 4.74 Å². The van der Waals surface area contributed by atoms with Gasteiger partial charge in [0, 0.05) is 5.39 Å². The SMILES string of the molecule is N#Cc1cc2n[nH]c(C3CN=CO3)c2cc1Cl. The third-order valence-corrected chi connectivity index (χ3v) is 3.00. The molecule has 1 aromatic carbocycles. The van der Waals surface area contributed by atoms with Crippen molar-refractivity contribution >= 4 is 28.9 Å². The van der Waals surface area contributed by atoms with E-state index in [2.05, 4.69) is 15.2 Å². The number of H-pyrrole nitrogens is 1. The highest BCUT2D eigenvalue weighted by Crippen LogP contribution is 2.29. The summed E-state index contributed by atoms with van der Waals surface area (Å²) in [5, 5.41) is 17.2. The highest BCUT2D eigenvalue weighted by atomic mass is 35.5. The van der Waals surface area contributed by atoms with Crippen LogP contribution in [0.3, 0.4) is 0 Å². The molecule has 0 bridgehead atoms. The first-order valence-electron chi connectivity index (χ1n) is 5.01. The van der Waals surface area contributed by atoms with Crippen LogP contribution in [0.25, 0.3) is 10.9 Å². The van der Waals surface area contributed by atoms with E-state index in [0.717, 1.165) is 11.1 Å². The Labute approximate surface area is 102 Å². The molecule has 0 aliphatic carbocycles. The first kappa shape index (κ1) is 10.1. The summed E-state index contributed by atoms with van der Waals surface area (Å²) in [6.07, 6.45) is 1.28. The van der Waals surface area contributed by atoms with Crippen LogP contribution >= 0.6 is 11.6 Å². The van der Waals surface area contributed by atoms with Gasteiger partial charge in [0.15, 0.2) is 12.5 Å². The van der Waals surface area contributed by atoms with Gasteiger partial charge in [0.1, 0.15) is 6.07 Å². The zero-order valence-corrected chi connectivity index (χ0v) is 9.40. The maximum absolute atomic E-state index is 8.88. The maximum Gasteiger partial charge on any atom is 0.170 e. The van der Waals surface area contributed by atoms with Crippen molar-refractivity contribution in [3.63, 3.8) is 0 Å². The molecule has 17 heavy (non-hydrogen) atoms. The first-order valence-corrected chi connectivity index (χ1v) is 5.39. The fraction of sp³-hybridized carbons (Fsp3) is 0.182. The number of nitrogens with one attached hydrogen (secondary N) is 1. The number of fused-ring (bicyclic) bond motifs is 1. The molecule has 0 fully saturated rings. The van der Waals surface area contributed by atoms with E-state index in [1.54, 1.807) is 12.1 Å². The molecule has 0 amide bonds. The summed E-state index contributed by atoms with van der Waals surface area (Å²) in [5.41, 5.74) is 1.96. The predicted octanol–water partition coefficient (Wildman–Crippen LogP) is 2.19. The van der Waals surface area contributed by atoms with Crippen LogP contribution in [0.1, 0.15) is 17.4 Å². The zero-order valence-electron chi connectivity index (χ0n) is 8.64. The molecule has 5 nitrogen and oxygen atoms in total. The second-order valence-electron chi connectivity index (χ2n) is 3.69. The quantitative estimate of drug-likeness (QED) is 0.838. The van der Waals surface area contributed by atoms with Crippen molar-refractivity contribution < 1.29 is 4.74 Å². The van der Waals surface area contributed by atoms with E-state index < -0.39 is 0 Å². The van der Waals surface area contributed by atoms with E-state index >= 15 is 0 Å². The van der Waals surface area contributed by atoms with E-state index in [4.69, 9.17) is 21.6 Å². The third-order valence-electron chi connectivity index (χ3n) is 2.69. The van der Waals surface area contributed by atoms with Crippen LogP contribution in [0, 0.1) is 11.3 Å². The van der Waals surface area contributed by atoms with Gasteiger partial charge in [-0.1, -0.05) is 11.6 Å². The van der Waals surface area contributed by atoms with Crippen LogP contribution < -0.4 is 0 Å². The molecule has 0 saturated heterocycles. The normalized spacial score (nSPS) is 18.2. The Bertz CT molecular complexity index is 647. The van der Waals surface area contributed by atoms with Crippen molar-refractivity contribution in [1.82, 2.24) is 10.2 Å². The summed E-state index contributed by atoms with van der Waals surface area (Å²) in [6, 6.07) is 5.42. The summed E-state index contributed by atoms with van der Waals surface area (Å²) < 4.78 is 5.33. The molecule has 3 rings (SSSR count). The molecule has 0 radical (unpaired) electrons. The fourth-order valence-corrected chi connectivity index (χ4v) is 2.05. The highest BCUT2D eigenvalue weighted by Gasteiger charge is 2.21. The van der Waals surface area contributed by atoms with Gasteiger partial charge in [-0.3, -0.25) is 10.1 Å². The van der Waals surface area contributed by atoms with Crippen LogP contribution in [0.4, 0.5) is 0 Å². The molecule has 1 aliphatic heterocycles. The minimum Gasteiger partial charge on any atom is -0.472 e. The molecular weight excluding hydrogens is 240 g/mol. The van der Waals surface area contributed by atoms with Gasteiger partial charge in [-0.2, -0.15) is 10.4 Å². The lowest BCUT2D eigenvalue weighted by Gasteiger charge is -2.06. The highest BCUT2D eigenvalue weighted by molar-refractivity contribution is 6.32. The Balaban J connectivity index is 2.16. The van der Waals surface area contributed by atoms with Crippen LogP contribution in [0.15, 0.2) is 17.1 Å². The molecule has 1 unspecified atom stereocenters. The van der Waals surface area contributed by atoms with E-state index in [0.29, 0.717) is 22.6 Å². The predicted molar refractivity (Wildman–Crippen MR) is 63.0 cm³/mol. The lowest BCUT2D eigenvalue weighted by atomic mass is 10.1. The monoisotopic (exact) mass is 246 g/mol. The molecule has 0 spiro atoms. The van der Waals surface area contributed by atoms with Gasteiger partial charge in [-0.25, -0.2) is 0 Å². The van der Waals surface area contributed by atoms with Crippen LogP contribution in [-0.4, -0.2) is 23.1 Å². The largest absolute Gasteiger partial charge is 0.472 e. The van der Waals surface area contributed by atoms with Crippen molar-refractivity contribution in [3.8, 4) is 6.07 Å². The molecule has 1 N–H and O–H groups in total. The maximum atomic E-state index is 8.88. The molecule has 1 aliphatic rings. The standard InChI is InChI=1S/C11H7ClN4O/c12-8-2-7-9(1-6(8)3-13)15-16-11(7)10-4-14-5-17-10/h1-2,5,10H,4H2,(H,15,16). The second-order valence-corrected chi connectivity index (χ2v) is 4.10. The number of rotatable bonds is 1. The average molecular weight is 247 g/mol. The molecule has 6 heteroatoms. The Kier molecular flexibility index (Phi) is 2.23. The van der Waals surface area contributed by atoms with Crippen molar-refractivity contribution in [3.05, 3.63) is 28.4 Å². The van der Waals surface area contributed by atoms with E-state index in [1.807, 2.05) is 6.07 Å². The first-order chi connectivity index (χ1) is 8.29. The third kappa shape index (κ3) is 1.54. The minimum absolute atomic E-state index is 0.149. The summed E-state index contributed by atoms with van der Waals surface area (Å²) >= 11 is 6.00. The number of aliphatic imine (C=N–C) groups is 1. The van der Waals surface area contributed by atoms with Gasteiger partial charge in [0.25, 0.3) is 0 Å². The fourth-order valence-electron chi connectivity index (χ4n) is 1.84. The van der Waals surface area contributed by atoms with Crippen molar-refractivity contribution in [2.75, 3.05) is 6.54 Å². The van der Waals surface area contributed by atoms with Crippen molar-refractivity contribution in [1.29, 1.82) is 5.26 Å². The number of hydrogen-bond donors (Lipinski definition) is 1. The Hall–Kier alpha value is -2.06. The number of aromatic amines is 1. The Morgan fingerprint density at radius 2 is 2.41 bits per heavy atom. The summed E-state index contributed by atoms with van der Waals surface area (Å²) in [6.45, 7) is 0.564. The van der Waals surface area contributed by atoms with Gasteiger partial charge in [-0.05, 0) is 12.1 Å². The smallest absolute Gasteiger partial charge is 0.170 e. The van der Waals surface area contributed by atoms with Gasteiger partial charge >= 0.3 is 0 Å². The molecule has 2 aromatic rings. The molecule has 0 saturated carbocycles. The van der Waals surface area contributed by atoms with E-state index in [9.17, 15) is 0 Å². The van der Waals surface area contributed by atoms with E-state index in [-0.39, 0.29) is 6.10 Å². The Morgan fingerprint density at radius 3 is 3.12 bits per heavy atom. The summed E-state index contributed by atoms with van der Waals surface area (Å²) in [7, 11) is 0. The molecule has 1 aromatic heterocycles. The van der Waals surface area contributed by atoms with Crippen LogP contribution in [0.2, 0.25) is 5.02 Å². The lowest BCUT2D eigenvalue weighted by Crippen LogP contribution is -2.01. The average Bonchev–Trinajstić information content (AvgIpc) is 2.95. The number of hydrogen-bond acceptors (Lipinski definition) is 4. The zero-order chi connectivity index (χ0) is 11.8. The topological polar surface area (TPSA) is 74.1 Å². The van der Waals surface area contributed by atoms with Gasteiger partial charge < -0.3 is 4.74 Å². The minimum atomic E-state index is -0.149. The van der Waals surface area contributed by atoms with Gasteiger partial charge in [-0.15, -0.1) is 0 Å². The summed E-state index contributed by atoms with van der Waals surface area (Å²) in [5.74, 6) is 0. The van der Waals surface area contributed by atoms with Crippen molar-refractivity contribution in [2.24, 2.45) is 4.99 Å². The molecule has 84 valence electrons.